The zero-order valence-electron chi connectivity index (χ0n) is 15.5. The van der Waals surface area contributed by atoms with Crippen LogP contribution in [0.25, 0.3) is 0 Å². The van der Waals surface area contributed by atoms with Gasteiger partial charge in [-0.1, -0.05) is 73.7 Å². The minimum Gasteiger partial charge on any atom is -0.485 e. The summed E-state index contributed by atoms with van der Waals surface area (Å²) in [4.78, 5) is 10.9. The molecule has 3 nitrogen and oxygen atoms in total. The van der Waals surface area contributed by atoms with Crippen molar-refractivity contribution in [3.05, 3.63) is 95.6 Å². The van der Waals surface area contributed by atoms with E-state index in [1.807, 2.05) is 85.8 Å². The van der Waals surface area contributed by atoms with Crippen molar-refractivity contribution in [2.24, 2.45) is 0 Å². The number of carbonyl (C=O) groups excluding carboxylic acids is 1. The average molecular weight is 360 g/mol. The van der Waals surface area contributed by atoms with Gasteiger partial charge in [-0.3, -0.25) is 0 Å². The molecular weight excluding hydrogens is 336 g/mol. The fourth-order valence-electron chi connectivity index (χ4n) is 2.81. The highest BCUT2D eigenvalue weighted by Gasteiger charge is 2.12. The van der Waals surface area contributed by atoms with Gasteiger partial charge in [0.1, 0.15) is 19.5 Å². The van der Waals surface area contributed by atoms with Gasteiger partial charge >= 0.3 is 0 Å². The van der Waals surface area contributed by atoms with E-state index in [0.29, 0.717) is 31.1 Å². The Kier molecular flexibility index (Phi) is 6.64. The molecule has 0 aliphatic heterocycles. The number of benzene rings is 3. The summed E-state index contributed by atoms with van der Waals surface area (Å²) in [5.41, 5.74) is 3.26. The Hall–Kier alpha value is -3.07. The van der Waals surface area contributed by atoms with E-state index in [1.165, 1.54) is 0 Å². The quantitative estimate of drug-likeness (QED) is 0.470. The zero-order chi connectivity index (χ0) is 18.9. The highest BCUT2D eigenvalue weighted by Crippen LogP contribution is 2.33. The molecule has 0 spiro atoms. The first-order valence-corrected chi connectivity index (χ1v) is 9.17. The number of ether oxygens (including phenoxy) is 2. The molecule has 1 unspecified atom stereocenters. The van der Waals surface area contributed by atoms with E-state index in [1.54, 1.807) is 0 Å². The smallest absolute Gasteiger partial charge is 0.161 e. The molecule has 3 aromatic rings. The van der Waals surface area contributed by atoms with E-state index < -0.39 is 0 Å². The lowest BCUT2D eigenvalue weighted by Gasteiger charge is -2.16. The molecule has 3 rings (SSSR count). The minimum absolute atomic E-state index is 0.143. The maximum absolute atomic E-state index is 10.9. The van der Waals surface area contributed by atoms with Crippen LogP contribution in [0.5, 0.6) is 11.5 Å². The minimum atomic E-state index is 0.143. The second-order valence-corrected chi connectivity index (χ2v) is 6.56. The van der Waals surface area contributed by atoms with Gasteiger partial charge in [0.05, 0.1) is 0 Å². The summed E-state index contributed by atoms with van der Waals surface area (Å²) in [6.07, 6.45) is 1.44. The van der Waals surface area contributed by atoms with Gasteiger partial charge in [0.2, 0.25) is 0 Å². The van der Waals surface area contributed by atoms with E-state index in [-0.39, 0.29) is 5.92 Å². The Bertz CT molecular complexity index is 844. The Morgan fingerprint density at radius 3 is 1.89 bits per heavy atom. The molecule has 0 bridgehead atoms. The zero-order valence-corrected chi connectivity index (χ0v) is 15.5. The van der Waals surface area contributed by atoms with E-state index in [2.05, 4.69) is 0 Å². The lowest BCUT2D eigenvalue weighted by atomic mass is 9.98. The van der Waals surface area contributed by atoms with Crippen LogP contribution >= 0.6 is 0 Å². The molecule has 0 fully saturated rings. The molecule has 0 heterocycles. The average Bonchev–Trinajstić information content (AvgIpc) is 2.72. The first-order chi connectivity index (χ1) is 13.3. The summed E-state index contributed by atoms with van der Waals surface area (Å²) in [6, 6.07) is 26.0. The second-order valence-electron chi connectivity index (χ2n) is 6.56. The van der Waals surface area contributed by atoms with Gasteiger partial charge in [-0.15, -0.1) is 0 Å². The molecule has 0 saturated heterocycles. The van der Waals surface area contributed by atoms with E-state index in [9.17, 15) is 4.79 Å². The van der Waals surface area contributed by atoms with Crippen LogP contribution in [0.1, 0.15) is 36.0 Å². The molecule has 0 aliphatic rings. The van der Waals surface area contributed by atoms with E-state index >= 15 is 0 Å². The molecule has 1 atom stereocenters. The van der Waals surface area contributed by atoms with Crippen LogP contribution < -0.4 is 9.47 Å². The van der Waals surface area contributed by atoms with Crippen LogP contribution in [0.4, 0.5) is 0 Å². The third-order valence-corrected chi connectivity index (χ3v) is 4.46. The molecule has 0 radical (unpaired) electrons. The van der Waals surface area contributed by atoms with Gasteiger partial charge in [-0.05, 0) is 34.7 Å². The SMILES string of the molecule is CC(CC=O)c1ccc(OCc2ccccc2)c(OCc2ccccc2)c1. The molecule has 0 amide bonds. The van der Waals surface area contributed by atoms with Gasteiger partial charge in [0.15, 0.2) is 11.5 Å². The van der Waals surface area contributed by atoms with Gasteiger partial charge in [0, 0.05) is 6.42 Å². The maximum atomic E-state index is 10.9. The number of hydrogen-bond donors (Lipinski definition) is 0. The summed E-state index contributed by atoms with van der Waals surface area (Å²) in [5, 5.41) is 0. The molecule has 0 aromatic heterocycles. The number of hydrogen-bond acceptors (Lipinski definition) is 3. The molecule has 3 heteroatoms. The van der Waals surface area contributed by atoms with Gasteiger partial charge in [-0.25, -0.2) is 0 Å². The summed E-state index contributed by atoms with van der Waals surface area (Å²) >= 11 is 0. The number of carbonyl (C=O) groups is 1. The van der Waals surface area contributed by atoms with Crippen molar-refractivity contribution in [1.29, 1.82) is 0 Å². The number of rotatable bonds is 9. The van der Waals surface area contributed by atoms with Crippen molar-refractivity contribution < 1.29 is 14.3 Å². The lowest BCUT2D eigenvalue weighted by molar-refractivity contribution is -0.108. The van der Waals surface area contributed by atoms with Crippen molar-refractivity contribution in [1.82, 2.24) is 0 Å². The summed E-state index contributed by atoms with van der Waals surface area (Å²) in [7, 11) is 0. The van der Waals surface area contributed by atoms with Crippen LogP contribution in [-0.4, -0.2) is 6.29 Å². The van der Waals surface area contributed by atoms with E-state index in [4.69, 9.17) is 9.47 Å². The second kappa shape index (κ2) is 9.58. The highest BCUT2D eigenvalue weighted by atomic mass is 16.5. The van der Waals surface area contributed by atoms with Gasteiger partial charge in [0.25, 0.3) is 0 Å². The summed E-state index contributed by atoms with van der Waals surface area (Å²) in [6.45, 7) is 2.98. The van der Waals surface area contributed by atoms with Crippen molar-refractivity contribution in [3.8, 4) is 11.5 Å². The molecule has 0 N–H and O–H groups in total. The maximum Gasteiger partial charge on any atom is 0.161 e. The Labute approximate surface area is 160 Å². The molecular formula is C24H24O3. The summed E-state index contributed by atoms with van der Waals surface area (Å²) < 4.78 is 12.1. The number of aldehydes is 1. The van der Waals surface area contributed by atoms with Crippen LogP contribution in [-0.2, 0) is 18.0 Å². The lowest BCUT2D eigenvalue weighted by Crippen LogP contribution is -2.02. The predicted molar refractivity (Wildman–Crippen MR) is 107 cm³/mol. The summed E-state index contributed by atoms with van der Waals surface area (Å²) in [5.74, 6) is 1.55. The van der Waals surface area contributed by atoms with Crippen LogP contribution in [0, 0.1) is 0 Å². The van der Waals surface area contributed by atoms with Gasteiger partial charge < -0.3 is 14.3 Å². The molecule has 3 aromatic carbocycles. The van der Waals surface area contributed by atoms with Crippen LogP contribution in [0.15, 0.2) is 78.9 Å². The Balaban J connectivity index is 1.78. The monoisotopic (exact) mass is 360 g/mol. The Morgan fingerprint density at radius 2 is 1.33 bits per heavy atom. The standard InChI is InChI=1S/C24H24O3/c1-19(14-15-25)22-12-13-23(26-17-20-8-4-2-5-9-20)24(16-22)27-18-21-10-6-3-7-11-21/h2-13,15-16,19H,14,17-18H2,1H3. The molecule has 0 aliphatic carbocycles. The van der Waals surface area contributed by atoms with Crippen molar-refractivity contribution >= 4 is 6.29 Å². The third-order valence-electron chi connectivity index (χ3n) is 4.46. The fraction of sp³-hybridized carbons (Fsp3) is 0.208. The first-order valence-electron chi connectivity index (χ1n) is 9.17. The highest BCUT2D eigenvalue weighted by molar-refractivity contribution is 5.52. The molecule has 27 heavy (non-hydrogen) atoms. The predicted octanol–water partition coefficient (Wildman–Crippen LogP) is 5.54. The van der Waals surface area contributed by atoms with Crippen LogP contribution in [0.2, 0.25) is 0 Å². The normalized spacial score (nSPS) is 11.6. The van der Waals surface area contributed by atoms with Crippen molar-refractivity contribution in [2.45, 2.75) is 32.5 Å². The Morgan fingerprint density at radius 1 is 0.778 bits per heavy atom. The van der Waals surface area contributed by atoms with Gasteiger partial charge in [-0.2, -0.15) is 0 Å². The van der Waals surface area contributed by atoms with Crippen LogP contribution in [0.3, 0.4) is 0 Å². The van der Waals surface area contributed by atoms with E-state index in [0.717, 1.165) is 23.0 Å². The topological polar surface area (TPSA) is 35.5 Å². The molecule has 0 saturated carbocycles. The van der Waals surface area contributed by atoms with Crippen molar-refractivity contribution in [3.63, 3.8) is 0 Å². The fourth-order valence-corrected chi connectivity index (χ4v) is 2.81. The first kappa shape index (κ1) is 18.7. The largest absolute Gasteiger partial charge is 0.485 e. The third kappa shape index (κ3) is 5.45. The van der Waals surface area contributed by atoms with Crippen molar-refractivity contribution in [2.75, 3.05) is 0 Å². The molecule has 138 valence electrons.